The first-order chi connectivity index (χ1) is 9.72. The second-order valence-corrected chi connectivity index (χ2v) is 5.57. The van der Waals surface area contributed by atoms with E-state index in [4.69, 9.17) is 15.2 Å². The molecule has 1 unspecified atom stereocenters. The van der Waals surface area contributed by atoms with Crippen molar-refractivity contribution >= 4 is 11.3 Å². The third kappa shape index (κ3) is 3.95. The van der Waals surface area contributed by atoms with E-state index in [1.165, 1.54) is 0 Å². The summed E-state index contributed by atoms with van der Waals surface area (Å²) in [5, 5.41) is 0. The average molecular weight is 292 g/mol. The maximum Gasteiger partial charge on any atom is 0.126 e. The van der Waals surface area contributed by atoms with Gasteiger partial charge in [0.15, 0.2) is 0 Å². The molecule has 0 spiro atoms. The summed E-state index contributed by atoms with van der Waals surface area (Å²) in [5.41, 5.74) is 8.96. The SMILES string of the molecule is CCC(N)Cc1ccc(OC)cc1OCc1cncs1. The minimum atomic E-state index is 0.147. The monoisotopic (exact) mass is 292 g/mol. The van der Waals surface area contributed by atoms with E-state index in [0.29, 0.717) is 6.61 Å². The Kier molecular flexibility index (Phi) is 5.38. The predicted octanol–water partition coefficient (Wildman–Crippen LogP) is 3.01. The van der Waals surface area contributed by atoms with Gasteiger partial charge in [-0.15, -0.1) is 11.3 Å². The summed E-state index contributed by atoms with van der Waals surface area (Å²) in [4.78, 5) is 5.14. The highest BCUT2D eigenvalue weighted by molar-refractivity contribution is 7.09. The Hall–Kier alpha value is -1.59. The number of benzene rings is 1. The van der Waals surface area contributed by atoms with Gasteiger partial charge in [0.25, 0.3) is 0 Å². The van der Waals surface area contributed by atoms with E-state index >= 15 is 0 Å². The minimum absolute atomic E-state index is 0.147. The van der Waals surface area contributed by atoms with Crippen molar-refractivity contribution < 1.29 is 9.47 Å². The highest BCUT2D eigenvalue weighted by Gasteiger charge is 2.10. The molecule has 2 rings (SSSR count). The fourth-order valence-corrected chi connectivity index (χ4v) is 2.36. The summed E-state index contributed by atoms with van der Waals surface area (Å²) in [6.07, 6.45) is 3.57. The first-order valence-corrected chi connectivity index (χ1v) is 7.53. The molecule has 1 heterocycles. The summed E-state index contributed by atoms with van der Waals surface area (Å²) in [7, 11) is 1.65. The van der Waals surface area contributed by atoms with Crippen LogP contribution in [0, 0.1) is 0 Å². The van der Waals surface area contributed by atoms with Gasteiger partial charge >= 0.3 is 0 Å². The van der Waals surface area contributed by atoms with Crippen LogP contribution >= 0.6 is 11.3 Å². The molecule has 0 saturated heterocycles. The molecule has 0 aliphatic heterocycles. The fourth-order valence-electron chi connectivity index (χ4n) is 1.85. The third-order valence-electron chi connectivity index (χ3n) is 3.13. The van der Waals surface area contributed by atoms with Gasteiger partial charge < -0.3 is 15.2 Å². The summed E-state index contributed by atoms with van der Waals surface area (Å²) < 4.78 is 11.2. The molecule has 0 aliphatic rings. The van der Waals surface area contributed by atoms with Gasteiger partial charge in [-0.3, -0.25) is 4.98 Å². The van der Waals surface area contributed by atoms with Crippen molar-refractivity contribution in [3.05, 3.63) is 40.3 Å². The van der Waals surface area contributed by atoms with E-state index < -0.39 is 0 Å². The zero-order chi connectivity index (χ0) is 14.4. The van der Waals surface area contributed by atoms with Gasteiger partial charge in [0, 0.05) is 18.3 Å². The molecule has 0 bridgehead atoms. The van der Waals surface area contributed by atoms with Crippen LogP contribution in [0.2, 0.25) is 0 Å². The van der Waals surface area contributed by atoms with Crippen molar-refractivity contribution in [2.24, 2.45) is 5.73 Å². The van der Waals surface area contributed by atoms with Crippen molar-refractivity contribution in [3.63, 3.8) is 0 Å². The van der Waals surface area contributed by atoms with E-state index in [9.17, 15) is 0 Å². The maximum atomic E-state index is 6.04. The number of ether oxygens (including phenoxy) is 2. The Morgan fingerprint density at radius 1 is 1.40 bits per heavy atom. The van der Waals surface area contributed by atoms with Crippen LogP contribution < -0.4 is 15.2 Å². The van der Waals surface area contributed by atoms with Crippen LogP contribution in [0.1, 0.15) is 23.8 Å². The number of methoxy groups -OCH3 is 1. The van der Waals surface area contributed by atoms with E-state index in [1.807, 2.05) is 24.4 Å². The molecule has 20 heavy (non-hydrogen) atoms. The molecular formula is C15H20N2O2S. The topological polar surface area (TPSA) is 57.4 Å². The molecule has 2 N–H and O–H groups in total. The van der Waals surface area contributed by atoms with Crippen molar-refractivity contribution in [2.75, 3.05) is 7.11 Å². The fraction of sp³-hybridized carbons (Fsp3) is 0.400. The number of hydrogen-bond acceptors (Lipinski definition) is 5. The third-order valence-corrected chi connectivity index (χ3v) is 3.89. The van der Waals surface area contributed by atoms with E-state index in [2.05, 4.69) is 11.9 Å². The molecule has 0 amide bonds. The average Bonchev–Trinajstić information content (AvgIpc) is 2.99. The van der Waals surface area contributed by atoms with Gasteiger partial charge in [-0.1, -0.05) is 13.0 Å². The van der Waals surface area contributed by atoms with Gasteiger partial charge in [0.2, 0.25) is 0 Å². The van der Waals surface area contributed by atoms with Crippen molar-refractivity contribution in [1.29, 1.82) is 0 Å². The van der Waals surface area contributed by atoms with Crippen molar-refractivity contribution in [1.82, 2.24) is 4.98 Å². The lowest BCUT2D eigenvalue weighted by molar-refractivity contribution is 0.302. The molecule has 5 heteroatoms. The van der Waals surface area contributed by atoms with Gasteiger partial charge in [0.05, 0.1) is 17.5 Å². The summed E-state index contributed by atoms with van der Waals surface area (Å²) in [5.74, 6) is 1.62. The molecule has 1 aromatic carbocycles. The molecule has 0 fully saturated rings. The standard InChI is InChI=1S/C15H20N2O2S/c1-3-12(16)6-11-4-5-13(18-2)7-15(11)19-9-14-8-17-10-20-14/h4-5,7-8,10,12H,3,6,9,16H2,1-2H3. The van der Waals surface area contributed by atoms with Crippen molar-refractivity contribution in [2.45, 2.75) is 32.4 Å². The zero-order valence-electron chi connectivity index (χ0n) is 11.8. The Morgan fingerprint density at radius 2 is 2.25 bits per heavy atom. The highest BCUT2D eigenvalue weighted by atomic mass is 32.1. The number of rotatable bonds is 7. The van der Waals surface area contributed by atoms with Gasteiger partial charge in [-0.05, 0) is 24.5 Å². The molecule has 0 saturated carbocycles. The van der Waals surface area contributed by atoms with Crippen LogP contribution in [0.3, 0.4) is 0 Å². The van der Waals surface area contributed by atoms with E-state index in [0.717, 1.165) is 34.8 Å². The minimum Gasteiger partial charge on any atom is -0.497 e. The lowest BCUT2D eigenvalue weighted by atomic mass is 10.0. The number of thiazole rings is 1. The molecular weight excluding hydrogens is 272 g/mol. The number of aromatic nitrogens is 1. The Balaban J connectivity index is 2.13. The van der Waals surface area contributed by atoms with Crippen LogP contribution in [-0.4, -0.2) is 18.1 Å². The Bertz CT molecular complexity index is 529. The second-order valence-electron chi connectivity index (χ2n) is 4.60. The molecule has 2 aromatic rings. The number of nitrogens with zero attached hydrogens (tertiary/aromatic N) is 1. The summed E-state index contributed by atoms with van der Waals surface area (Å²) >= 11 is 1.58. The van der Waals surface area contributed by atoms with Gasteiger partial charge in [-0.2, -0.15) is 0 Å². The lowest BCUT2D eigenvalue weighted by Gasteiger charge is -2.15. The zero-order valence-corrected chi connectivity index (χ0v) is 12.7. The molecule has 108 valence electrons. The molecule has 1 atom stereocenters. The van der Waals surface area contributed by atoms with E-state index in [-0.39, 0.29) is 6.04 Å². The van der Waals surface area contributed by atoms with Crippen LogP contribution in [0.15, 0.2) is 29.9 Å². The highest BCUT2D eigenvalue weighted by Crippen LogP contribution is 2.27. The second kappa shape index (κ2) is 7.26. The number of nitrogens with two attached hydrogens (primary N) is 1. The summed E-state index contributed by atoms with van der Waals surface area (Å²) in [6.45, 7) is 2.61. The maximum absolute atomic E-state index is 6.04. The van der Waals surface area contributed by atoms with Gasteiger partial charge in [-0.25, -0.2) is 0 Å². The van der Waals surface area contributed by atoms with Crippen LogP contribution in [0.4, 0.5) is 0 Å². The quantitative estimate of drug-likeness (QED) is 0.852. The van der Waals surface area contributed by atoms with Crippen LogP contribution in [0.25, 0.3) is 0 Å². The van der Waals surface area contributed by atoms with Crippen LogP contribution in [0.5, 0.6) is 11.5 Å². The molecule has 1 aromatic heterocycles. The molecule has 0 radical (unpaired) electrons. The van der Waals surface area contributed by atoms with E-state index in [1.54, 1.807) is 24.0 Å². The van der Waals surface area contributed by atoms with Crippen LogP contribution in [-0.2, 0) is 13.0 Å². The smallest absolute Gasteiger partial charge is 0.126 e. The summed E-state index contributed by atoms with van der Waals surface area (Å²) in [6, 6.07) is 6.03. The largest absolute Gasteiger partial charge is 0.497 e. The van der Waals surface area contributed by atoms with Gasteiger partial charge in [0.1, 0.15) is 18.1 Å². The first kappa shape index (κ1) is 14.8. The van der Waals surface area contributed by atoms with Crippen molar-refractivity contribution in [3.8, 4) is 11.5 Å². The Labute approximate surface area is 123 Å². The number of hydrogen-bond donors (Lipinski definition) is 1. The normalized spacial score (nSPS) is 12.2. The Morgan fingerprint density at radius 3 is 2.90 bits per heavy atom. The molecule has 4 nitrogen and oxygen atoms in total. The lowest BCUT2D eigenvalue weighted by Crippen LogP contribution is -2.21. The predicted molar refractivity (Wildman–Crippen MR) is 81.4 cm³/mol. The molecule has 0 aliphatic carbocycles. The first-order valence-electron chi connectivity index (χ1n) is 6.65.